The van der Waals surface area contributed by atoms with E-state index in [1.165, 1.54) is 64.2 Å². The first-order valence-corrected chi connectivity index (χ1v) is 25.3. The number of esters is 1. The Morgan fingerprint density at radius 2 is 1.38 bits per heavy atom. The van der Waals surface area contributed by atoms with E-state index in [1.54, 1.807) is 20.8 Å². The summed E-state index contributed by atoms with van der Waals surface area (Å²) in [5, 5.41) is 18.2. The molecule has 3 N–H and O–H groups in total. The van der Waals surface area contributed by atoms with Gasteiger partial charge in [0, 0.05) is 38.4 Å². The lowest BCUT2D eigenvalue weighted by molar-refractivity contribution is -0.151. The number of nitrogens with zero attached hydrogens (tertiary/aromatic N) is 1. The molecule has 1 saturated heterocycles. The molecule has 66 heavy (non-hydrogen) atoms. The van der Waals surface area contributed by atoms with Gasteiger partial charge in [0.05, 0.1) is 31.4 Å². The molecule has 364 valence electrons. The van der Waals surface area contributed by atoms with Crippen molar-refractivity contribution in [3.8, 4) is 5.75 Å². The van der Waals surface area contributed by atoms with E-state index in [0.717, 1.165) is 80.1 Å². The quantitative estimate of drug-likeness (QED) is 0.0459. The molecule has 3 aromatic rings. The molecule has 0 spiro atoms. The van der Waals surface area contributed by atoms with Crippen molar-refractivity contribution in [1.82, 2.24) is 15.5 Å². The van der Waals surface area contributed by atoms with E-state index in [4.69, 9.17) is 18.9 Å². The summed E-state index contributed by atoms with van der Waals surface area (Å²) in [6, 6.07) is 24.0. The van der Waals surface area contributed by atoms with Gasteiger partial charge in [0.15, 0.2) is 0 Å². The first kappa shape index (κ1) is 52.5. The number of aliphatic hydroxyl groups excluding tert-OH is 1. The van der Waals surface area contributed by atoms with E-state index >= 15 is 0 Å². The summed E-state index contributed by atoms with van der Waals surface area (Å²) in [6.07, 6.45) is 15.3. The normalized spacial score (nSPS) is 17.6. The highest BCUT2D eigenvalue weighted by molar-refractivity contribution is 5.80. The Morgan fingerprint density at radius 1 is 0.773 bits per heavy atom. The highest BCUT2D eigenvalue weighted by Gasteiger charge is 2.38. The number of unbranched alkanes of at least 4 members (excludes halogenated alkanes) is 12. The fourth-order valence-electron chi connectivity index (χ4n) is 9.10. The van der Waals surface area contributed by atoms with E-state index < -0.39 is 41.9 Å². The molecule has 0 radical (unpaired) electrons. The van der Waals surface area contributed by atoms with E-state index in [1.807, 2.05) is 78.9 Å². The molecule has 0 aromatic heterocycles. The van der Waals surface area contributed by atoms with Crippen molar-refractivity contribution in [2.75, 3.05) is 39.5 Å². The molecular formula is C55H81N3O8. The minimum atomic E-state index is -1.11. The number of aliphatic hydroxyl groups is 1. The number of benzene rings is 3. The zero-order valence-electron chi connectivity index (χ0n) is 40.6. The molecule has 1 heterocycles. The van der Waals surface area contributed by atoms with Gasteiger partial charge in [-0.1, -0.05) is 151 Å². The third-order valence-corrected chi connectivity index (χ3v) is 12.8. The molecule has 1 aliphatic heterocycles. The Kier molecular flexibility index (Phi) is 22.8. The molecular weight excluding hydrogens is 831 g/mol. The summed E-state index contributed by atoms with van der Waals surface area (Å²) in [7, 11) is 0. The lowest BCUT2D eigenvalue weighted by Gasteiger charge is -2.30. The number of morpholine rings is 1. The zero-order chi connectivity index (χ0) is 47.0. The Bertz CT molecular complexity index is 1840. The summed E-state index contributed by atoms with van der Waals surface area (Å²) >= 11 is 0. The predicted octanol–water partition coefficient (Wildman–Crippen LogP) is 10.2. The van der Waals surface area contributed by atoms with Crippen molar-refractivity contribution in [2.45, 2.75) is 173 Å². The highest BCUT2D eigenvalue weighted by Crippen LogP contribution is 2.35. The van der Waals surface area contributed by atoms with Crippen LogP contribution in [0.1, 0.15) is 152 Å². The van der Waals surface area contributed by atoms with Crippen molar-refractivity contribution in [1.29, 1.82) is 0 Å². The number of rotatable bonds is 29. The van der Waals surface area contributed by atoms with Crippen LogP contribution in [0.15, 0.2) is 78.9 Å². The predicted molar refractivity (Wildman–Crippen MR) is 262 cm³/mol. The number of hydrogen-bond donors (Lipinski definition) is 3. The Labute approximate surface area is 396 Å². The maximum atomic E-state index is 14.7. The maximum Gasteiger partial charge on any atom is 0.407 e. The van der Waals surface area contributed by atoms with Crippen LogP contribution in [0.3, 0.4) is 0 Å². The van der Waals surface area contributed by atoms with Crippen LogP contribution in [-0.2, 0) is 43.1 Å². The number of alkyl carbamates (subject to hydrolysis) is 1. The van der Waals surface area contributed by atoms with Gasteiger partial charge in [-0.2, -0.15) is 0 Å². The van der Waals surface area contributed by atoms with Gasteiger partial charge in [-0.25, -0.2) is 4.79 Å². The van der Waals surface area contributed by atoms with E-state index in [0.29, 0.717) is 32.3 Å². The number of nitrogens with one attached hydrogen (secondary N) is 2. The van der Waals surface area contributed by atoms with Crippen LogP contribution in [0.2, 0.25) is 0 Å². The summed E-state index contributed by atoms with van der Waals surface area (Å²) < 4.78 is 23.3. The van der Waals surface area contributed by atoms with Gasteiger partial charge in [-0.05, 0) is 80.8 Å². The average Bonchev–Trinajstić information content (AvgIpc) is 3.63. The molecule has 11 nitrogen and oxygen atoms in total. The van der Waals surface area contributed by atoms with Crippen LogP contribution < -0.4 is 15.4 Å². The molecule has 1 aliphatic carbocycles. The minimum Gasteiger partial charge on any atom is -0.492 e. The molecule has 0 unspecified atom stereocenters. The Hall–Kier alpha value is -4.45. The van der Waals surface area contributed by atoms with Gasteiger partial charge >= 0.3 is 12.1 Å². The number of carbonyl (C=O) groups is 3. The van der Waals surface area contributed by atoms with Crippen LogP contribution in [0.4, 0.5) is 4.79 Å². The first-order valence-electron chi connectivity index (χ1n) is 25.3. The second-order valence-electron chi connectivity index (χ2n) is 19.5. The van der Waals surface area contributed by atoms with E-state index in [-0.39, 0.29) is 18.3 Å². The number of carbonyl (C=O) groups excluding carboxylic acids is 3. The first-order chi connectivity index (χ1) is 32.0. The molecule has 2 aliphatic rings. The standard InChI is InChI=1S/C55H81N3O8/c1-5-6-7-8-9-10-11-12-13-14-15-16-20-27-51(60)65-50-41-44-25-21-22-26-47(44)52(50)57-53(61)45(38-43-28-30-46(31-29-43)64-37-34-58-32-35-63-36-33-58)40-49(59)48(39-42-23-18-17-19-24-42)56-54(62)66-55(2,3)4/h17-19,21-26,28-31,45,48-50,52,59H,5-16,20,27,32-41H2,1-4H3,(H,56,62)(H,57,61)/t45-,48+,49+,50-,52+/m1/s1. The summed E-state index contributed by atoms with van der Waals surface area (Å²) in [5.74, 6) is -0.480. The summed E-state index contributed by atoms with van der Waals surface area (Å²) in [4.78, 5) is 43.5. The van der Waals surface area contributed by atoms with E-state index in [9.17, 15) is 19.5 Å². The molecule has 5 rings (SSSR count). The minimum absolute atomic E-state index is 0.0504. The fraction of sp³-hybridized carbons (Fsp3) is 0.618. The van der Waals surface area contributed by atoms with Crippen LogP contribution in [0, 0.1) is 5.92 Å². The van der Waals surface area contributed by atoms with Crippen LogP contribution >= 0.6 is 0 Å². The van der Waals surface area contributed by atoms with Crippen molar-refractivity contribution < 1.29 is 38.4 Å². The fourth-order valence-corrected chi connectivity index (χ4v) is 9.10. The second kappa shape index (κ2) is 28.7. The molecule has 2 amide bonds. The van der Waals surface area contributed by atoms with Crippen molar-refractivity contribution in [3.63, 3.8) is 0 Å². The maximum absolute atomic E-state index is 14.7. The van der Waals surface area contributed by atoms with Crippen LogP contribution in [0.5, 0.6) is 5.75 Å². The molecule has 1 fully saturated rings. The van der Waals surface area contributed by atoms with Gasteiger partial charge in [-0.3, -0.25) is 14.5 Å². The SMILES string of the molecule is CCCCCCCCCCCCCCCC(=O)O[C@@H]1Cc2ccccc2[C@@H]1NC(=O)[C@H](Cc1ccc(OCCN2CCOCC2)cc1)C[C@H](O)[C@H](Cc1ccccc1)NC(=O)OC(C)(C)C. The number of amides is 2. The molecule has 0 saturated carbocycles. The molecule has 0 bridgehead atoms. The number of fused-ring (bicyclic) bond motifs is 1. The van der Waals surface area contributed by atoms with Crippen molar-refractivity contribution in [3.05, 3.63) is 101 Å². The van der Waals surface area contributed by atoms with Crippen LogP contribution in [0.25, 0.3) is 0 Å². The summed E-state index contributed by atoms with van der Waals surface area (Å²) in [5.41, 5.74) is 3.05. The smallest absolute Gasteiger partial charge is 0.407 e. The Balaban J connectivity index is 1.23. The third-order valence-electron chi connectivity index (χ3n) is 12.8. The van der Waals surface area contributed by atoms with Gasteiger partial charge in [0.1, 0.15) is 24.1 Å². The monoisotopic (exact) mass is 912 g/mol. The van der Waals surface area contributed by atoms with Crippen LogP contribution in [-0.4, -0.2) is 91.3 Å². The average molecular weight is 912 g/mol. The number of hydrogen-bond acceptors (Lipinski definition) is 9. The van der Waals surface area contributed by atoms with Crippen molar-refractivity contribution in [2.24, 2.45) is 5.92 Å². The zero-order valence-corrected chi connectivity index (χ0v) is 40.6. The Morgan fingerprint density at radius 3 is 2.03 bits per heavy atom. The third kappa shape index (κ3) is 19.4. The molecule has 11 heteroatoms. The lowest BCUT2D eigenvalue weighted by atomic mass is 9.88. The summed E-state index contributed by atoms with van der Waals surface area (Å²) in [6.45, 7) is 12.3. The largest absolute Gasteiger partial charge is 0.492 e. The second-order valence-corrected chi connectivity index (χ2v) is 19.5. The topological polar surface area (TPSA) is 136 Å². The van der Waals surface area contributed by atoms with Gasteiger partial charge in [0.2, 0.25) is 5.91 Å². The van der Waals surface area contributed by atoms with Gasteiger partial charge < -0.3 is 34.7 Å². The number of ether oxygens (including phenoxy) is 4. The van der Waals surface area contributed by atoms with Crippen molar-refractivity contribution >= 4 is 18.0 Å². The van der Waals surface area contributed by atoms with E-state index in [2.05, 4.69) is 22.5 Å². The highest BCUT2D eigenvalue weighted by atomic mass is 16.6. The lowest BCUT2D eigenvalue weighted by Crippen LogP contribution is -2.48. The molecule has 3 aromatic carbocycles. The molecule has 5 atom stereocenters. The van der Waals surface area contributed by atoms with Gasteiger partial charge in [0.25, 0.3) is 0 Å². The van der Waals surface area contributed by atoms with Gasteiger partial charge in [-0.15, -0.1) is 0 Å².